The summed E-state index contributed by atoms with van der Waals surface area (Å²) in [5.41, 5.74) is 0.215. The lowest BCUT2D eigenvalue weighted by atomic mass is 10.0. The summed E-state index contributed by atoms with van der Waals surface area (Å²) in [7, 11) is 0. The SMILES string of the molecule is CC1(C)CCSC(=NCC2CCCOC2)N1. The molecule has 2 aliphatic heterocycles. The molecular weight excluding hydrogens is 220 g/mol. The maximum absolute atomic E-state index is 5.47. The van der Waals surface area contributed by atoms with Gasteiger partial charge in [-0.05, 0) is 33.1 Å². The third-order valence-electron chi connectivity index (χ3n) is 3.16. The number of amidine groups is 1. The van der Waals surface area contributed by atoms with Crippen LogP contribution in [0.15, 0.2) is 4.99 Å². The number of ether oxygens (including phenoxy) is 1. The summed E-state index contributed by atoms with van der Waals surface area (Å²) in [6.45, 7) is 7.24. The summed E-state index contributed by atoms with van der Waals surface area (Å²) in [6.07, 6.45) is 3.68. The van der Waals surface area contributed by atoms with Gasteiger partial charge in [0.25, 0.3) is 0 Å². The van der Waals surface area contributed by atoms with Crippen LogP contribution in [0, 0.1) is 5.92 Å². The van der Waals surface area contributed by atoms with E-state index in [-0.39, 0.29) is 5.54 Å². The van der Waals surface area contributed by atoms with E-state index in [4.69, 9.17) is 9.73 Å². The smallest absolute Gasteiger partial charge is 0.156 e. The minimum absolute atomic E-state index is 0.215. The highest BCUT2D eigenvalue weighted by Gasteiger charge is 2.24. The van der Waals surface area contributed by atoms with Crippen molar-refractivity contribution in [3.63, 3.8) is 0 Å². The molecule has 0 aromatic heterocycles. The summed E-state index contributed by atoms with van der Waals surface area (Å²) < 4.78 is 5.47. The summed E-state index contributed by atoms with van der Waals surface area (Å²) in [5, 5.41) is 4.63. The van der Waals surface area contributed by atoms with Gasteiger partial charge in [-0.25, -0.2) is 0 Å². The monoisotopic (exact) mass is 242 g/mol. The summed E-state index contributed by atoms with van der Waals surface area (Å²) in [4.78, 5) is 4.69. The fourth-order valence-corrected chi connectivity index (χ4v) is 3.36. The van der Waals surface area contributed by atoms with Crippen molar-refractivity contribution in [1.29, 1.82) is 0 Å². The zero-order valence-electron chi connectivity index (χ0n) is 10.3. The molecule has 2 heterocycles. The zero-order valence-corrected chi connectivity index (χ0v) is 11.1. The highest BCUT2D eigenvalue weighted by Crippen LogP contribution is 2.22. The fourth-order valence-electron chi connectivity index (χ4n) is 2.04. The number of aliphatic imine (C=N–C) groups is 1. The van der Waals surface area contributed by atoms with Crippen molar-refractivity contribution in [2.45, 2.75) is 38.6 Å². The van der Waals surface area contributed by atoms with Gasteiger partial charge in [0.2, 0.25) is 0 Å². The Kier molecular flexibility index (Phi) is 4.14. The predicted molar refractivity (Wildman–Crippen MR) is 70.1 cm³/mol. The van der Waals surface area contributed by atoms with E-state index in [0.717, 1.165) is 24.9 Å². The largest absolute Gasteiger partial charge is 0.381 e. The van der Waals surface area contributed by atoms with Crippen molar-refractivity contribution in [2.24, 2.45) is 10.9 Å². The molecule has 0 saturated carbocycles. The summed E-state index contributed by atoms with van der Waals surface area (Å²) in [5.74, 6) is 1.81. The molecule has 2 aliphatic rings. The van der Waals surface area contributed by atoms with Crippen LogP contribution in [0.5, 0.6) is 0 Å². The topological polar surface area (TPSA) is 33.6 Å². The standard InChI is InChI=1S/C12H22N2OS/c1-12(2)5-7-16-11(14-12)13-8-10-4-3-6-15-9-10/h10H,3-9H2,1-2H3,(H,13,14). The molecule has 0 aliphatic carbocycles. The lowest BCUT2D eigenvalue weighted by Crippen LogP contribution is -2.46. The Balaban J connectivity index is 1.81. The first kappa shape index (κ1) is 12.2. The van der Waals surface area contributed by atoms with Crippen molar-refractivity contribution in [3.8, 4) is 0 Å². The number of hydrogen-bond acceptors (Lipinski definition) is 3. The Morgan fingerprint density at radius 1 is 1.56 bits per heavy atom. The van der Waals surface area contributed by atoms with Crippen LogP contribution in [0.25, 0.3) is 0 Å². The first-order chi connectivity index (χ1) is 7.66. The number of nitrogens with one attached hydrogen (secondary N) is 1. The second-order valence-electron chi connectivity index (χ2n) is 5.34. The zero-order chi connectivity index (χ0) is 11.4. The minimum Gasteiger partial charge on any atom is -0.381 e. The molecule has 1 N–H and O–H groups in total. The molecule has 92 valence electrons. The maximum atomic E-state index is 5.47. The van der Waals surface area contributed by atoms with Gasteiger partial charge in [0.15, 0.2) is 5.17 Å². The average molecular weight is 242 g/mol. The van der Waals surface area contributed by atoms with Crippen molar-refractivity contribution in [2.75, 3.05) is 25.5 Å². The minimum atomic E-state index is 0.215. The summed E-state index contributed by atoms with van der Waals surface area (Å²) in [6, 6.07) is 0. The molecule has 0 radical (unpaired) electrons. The molecule has 3 nitrogen and oxygen atoms in total. The lowest BCUT2D eigenvalue weighted by Gasteiger charge is -2.32. The second kappa shape index (κ2) is 5.41. The number of nitrogens with zero attached hydrogens (tertiary/aromatic N) is 1. The predicted octanol–water partition coefficient (Wildman–Crippen LogP) is 2.27. The van der Waals surface area contributed by atoms with E-state index in [1.807, 2.05) is 11.8 Å². The van der Waals surface area contributed by atoms with Crippen molar-refractivity contribution in [1.82, 2.24) is 5.32 Å². The lowest BCUT2D eigenvalue weighted by molar-refractivity contribution is 0.0582. The molecule has 1 unspecified atom stereocenters. The van der Waals surface area contributed by atoms with E-state index in [0.29, 0.717) is 5.92 Å². The molecule has 1 atom stereocenters. The van der Waals surface area contributed by atoms with Gasteiger partial charge in [-0.15, -0.1) is 0 Å². The normalized spacial score (nSPS) is 32.4. The number of thioether (sulfide) groups is 1. The van der Waals surface area contributed by atoms with Gasteiger partial charge in [-0.3, -0.25) is 4.99 Å². The van der Waals surface area contributed by atoms with Crippen LogP contribution in [0.4, 0.5) is 0 Å². The second-order valence-corrected chi connectivity index (χ2v) is 6.42. The Labute approximate surface area is 102 Å². The van der Waals surface area contributed by atoms with Crippen LogP contribution in [0.2, 0.25) is 0 Å². The van der Waals surface area contributed by atoms with Crippen LogP contribution in [-0.4, -0.2) is 36.2 Å². The van der Waals surface area contributed by atoms with Crippen LogP contribution < -0.4 is 5.32 Å². The Bertz CT molecular complexity index is 260. The molecule has 16 heavy (non-hydrogen) atoms. The van der Waals surface area contributed by atoms with Crippen LogP contribution >= 0.6 is 11.8 Å². The van der Waals surface area contributed by atoms with Crippen LogP contribution in [-0.2, 0) is 4.74 Å². The first-order valence-corrected chi connectivity index (χ1v) is 7.17. The van der Waals surface area contributed by atoms with Crippen molar-refractivity contribution >= 4 is 16.9 Å². The molecule has 0 amide bonds. The molecule has 2 saturated heterocycles. The third kappa shape index (κ3) is 3.67. The Morgan fingerprint density at radius 3 is 3.12 bits per heavy atom. The van der Waals surface area contributed by atoms with Crippen molar-refractivity contribution in [3.05, 3.63) is 0 Å². The van der Waals surface area contributed by atoms with E-state index in [2.05, 4.69) is 19.2 Å². The van der Waals surface area contributed by atoms with E-state index >= 15 is 0 Å². The molecule has 2 rings (SSSR count). The van der Waals surface area contributed by atoms with Gasteiger partial charge in [0.05, 0.1) is 6.61 Å². The number of rotatable bonds is 2. The molecule has 0 aromatic carbocycles. The van der Waals surface area contributed by atoms with Crippen molar-refractivity contribution < 1.29 is 4.74 Å². The van der Waals surface area contributed by atoms with E-state index in [1.165, 1.54) is 25.0 Å². The van der Waals surface area contributed by atoms with Gasteiger partial charge in [-0.2, -0.15) is 0 Å². The van der Waals surface area contributed by atoms with E-state index < -0.39 is 0 Å². The summed E-state index contributed by atoms with van der Waals surface area (Å²) >= 11 is 1.85. The molecule has 0 spiro atoms. The van der Waals surface area contributed by atoms with Gasteiger partial charge < -0.3 is 10.1 Å². The van der Waals surface area contributed by atoms with E-state index in [1.54, 1.807) is 0 Å². The Morgan fingerprint density at radius 2 is 2.44 bits per heavy atom. The molecule has 0 aromatic rings. The molecular formula is C12H22N2OS. The maximum Gasteiger partial charge on any atom is 0.156 e. The Hall–Kier alpha value is -0.220. The quantitative estimate of drug-likeness (QED) is 0.806. The highest BCUT2D eigenvalue weighted by molar-refractivity contribution is 8.13. The van der Waals surface area contributed by atoms with E-state index in [9.17, 15) is 0 Å². The first-order valence-electron chi connectivity index (χ1n) is 6.19. The molecule has 2 fully saturated rings. The van der Waals surface area contributed by atoms with Crippen LogP contribution in [0.3, 0.4) is 0 Å². The average Bonchev–Trinajstić information content (AvgIpc) is 2.27. The highest BCUT2D eigenvalue weighted by atomic mass is 32.2. The van der Waals surface area contributed by atoms with Gasteiger partial charge in [0, 0.05) is 30.4 Å². The van der Waals surface area contributed by atoms with Gasteiger partial charge >= 0.3 is 0 Å². The molecule has 4 heteroatoms. The number of hydrogen-bond donors (Lipinski definition) is 1. The fraction of sp³-hybridized carbons (Fsp3) is 0.917. The van der Waals surface area contributed by atoms with Gasteiger partial charge in [0.1, 0.15) is 0 Å². The molecule has 0 bridgehead atoms. The van der Waals surface area contributed by atoms with Gasteiger partial charge in [-0.1, -0.05) is 11.8 Å². The third-order valence-corrected chi connectivity index (χ3v) is 4.07. The van der Waals surface area contributed by atoms with Crippen LogP contribution in [0.1, 0.15) is 33.1 Å².